The summed E-state index contributed by atoms with van der Waals surface area (Å²) in [5.74, 6) is -0.00885. The van der Waals surface area contributed by atoms with Gasteiger partial charge < -0.3 is 5.32 Å². The van der Waals surface area contributed by atoms with Gasteiger partial charge in [-0.1, -0.05) is 15.9 Å². The maximum absolute atomic E-state index is 11.9. The molecule has 1 amide bonds. The van der Waals surface area contributed by atoms with Crippen LogP contribution in [0.5, 0.6) is 0 Å². The van der Waals surface area contributed by atoms with E-state index in [4.69, 9.17) is 0 Å². The molecular formula is C14H14Br2N2OS. The minimum atomic E-state index is -0.00885. The zero-order valence-corrected chi connectivity index (χ0v) is 14.9. The lowest BCUT2D eigenvalue weighted by Gasteiger charge is -2.15. The quantitative estimate of drug-likeness (QED) is 0.784. The lowest BCUT2D eigenvalue weighted by Crippen LogP contribution is -2.29. The van der Waals surface area contributed by atoms with E-state index in [1.165, 1.54) is 4.88 Å². The van der Waals surface area contributed by atoms with Crippen LogP contribution in [0.15, 0.2) is 44.7 Å². The van der Waals surface area contributed by atoms with Crippen LogP contribution in [0, 0.1) is 0 Å². The zero-order chi connectivity index (χ0) is 14.5. The van der Waals surface area contributed by atoms with E-state index in [9.17, 15) is 4.79 Å². The summed E-state index contributed by atoms with van der Waals surface area (Å²) in [5.41, 5.74) is 0.811. The summed E-state index contributed by atoms with van der Waals surface area (Å²) in [6.07, 6.45) is 0. The van der Waals surface area contributed by atoms with E-state index >= 15 is 0 Å². The molecule has 0 aliphatic rings. The Balaban J connectivity index is 1.83. The fraction of sp³-hybridized carbons (Fsp3) is 0.214. The van der Waals surface area contributed by atoms with Crippen molar-refractivity contribution in [2.45, 2.75) is 6.54 Å². The van der Waals surface area contributed by atoms with Gasteiger partial charge in [0.15, 0.2) is 0 Å². The minimum absolute atomic E-state index is 0.00885. The molecule has 3 nitrogen and oxygen atoms in total. The Hall–Kier alpha value is -0.690. The van der Waals surface area contributed by atoms with Crippen LogP contribution in [0.4, 0.5) is 5.69 Å². The fourth-order valence-corrected chi connectivity index (χ4v) is 3.53. The molecule has 106 valence electrons. The first kappa shape index (κ1) is 15.7. The molecule has 1 aromatic carbocycles. The van der Waals surface area contributed by atoms with Crippen LogP contribution in [0.1, 0.15) is 4.88 Å². The molecule has 6 heteroatoms. The Bertz CT molecular complexity index is 583. The maximum Gasteiger partial charge on any atom is 0.238 e. The van der Waals surface area contributed by atoms with Gasteiger partial charge in [-0.3, -0.25) is 9.69 Å². The van der Waals surface area contributed by atoms with Gasteiger partial charge in [-0.15, -0.1) is 11.3 Å². The summed E-state index contributed by atoms with van der Waals surface area (Å²) in [6, 6.07) is 9.63. The second-order valence-electron chi connectivity index (χ2n) is 4.46. The number of hydrogen-bond donors (Lipinski definition) is 1. The Labute approximate surface area is 139 Å². The predicted octanol–water partition coefficient (Wildman–Crippen LogP) is 4.34. The van der Waals surface area contributed by atoms with Crippen molar-refractivity contribution < 1.29 is 4.79 Å². The monoisotopic (exact) mass is 416 g/mol. The number of carbonyl (C=O) groups is 1. The molecule has 0 radical (unpaired) electrons. The van der Waals surface area contributed by atoms with Crippen LogP contribution in [-0.2, 0) is 11.3 Å². The smallest absolute Gasteiger partial charge is 0.238 e. The number of thiophene rings is 1. The number of benzene rings is 1. The van der Waals surface area contributed by atoms with Gasteiger partial charge in [0.2, 0.25) is 5.91 Å². The number of carbonyl (C=O) groups excluding carboxylic acids is 1. The van der Waals surface area contributed by atoms with Crippen molar-refractivity contribution in [3.05, 3.63) is 49.5 Å². The Kier molecular flexibility index (Phi) is 5.77. The molecule has 1 heterocycles. The van der Waals surface area contributed by atoms with Gasteiger partial charge in [-0.25, -0.2) is 0 Å². The van der Waals surface area contributed by atoms with Crippen LogP contribution in [0.25, 0.3) is 0 Å². The van der Waals surface area contributed by atoms with Crippen LogP contribution in [0.3, 0.4) is 0 Å². The van der Waals surface area contributed by atoms with Crippen LogP contribution in [0.2, 0.25) is 0 Å². The van der Waals surface area contributed by atoms with Gasteiger partial charge >= 0.3 is 0 Å². The summed E-state index contributed by atoms with van der Waals surface area (Å²) in [4.78, 5) is 15.2. The molecule has 2 aromatic rings. The highest BCUT2D eigenvalue weighted by Gasteiger charge is 2.08. The van der Waals surface area contributed by atoms with E-state index in [0.29, 0.717) is 6.54 Å². The molecule has 20 heavy (non-hydrogen) atoms. The van der Waals surface area contributed by atoms with Gasteiger partial charge in [-0.05, 0) is 53.3 Å². The SMILES string of the molecule is CN(CC(=O)Nc1ccc(Br)cc1)Cc1cc(Br)cs1. The Morgan fingerprint density at radius 2 is 1.95 bits per heavy atom. The summed E-state index contributed by atoms with van der Waals surface area (Å²) in [6.45, 7) is 1.13. The largest absolute Gasteiger partial charge is 0.325 e. The number of hydrogen-bond acceptors (Lipinski definition) is 3. The molecule has 0 aliphatic heterocycles. The molecule has 0 bridgehead atoms. The average molecular weight is 418 g/mol. The number of nitrogens with one attached hydrogen (secondary N) is 1. The lowest BCUT2D eigenvalue weighted by molar-refractivity contribution is -0.117. The van der Waals surface area contributed by atoms with E-state index in [-0.39, 0.29) is 5.91 Å². The van der Waals surface area contributed by atoms with E-state index in [2.05, 4.69) is 43.2 Å². The number of likely N-dealkylation sites (N-methyl/N-ethyl adjacent to an activating group) is 1. The molecule has 0 spiro atoms. The highest BCUT2D eigenvalue weighted by molar-refractivity contribution is 9.10. The topological polar surface area (TPSA) is 32.3 Å². The van der Waals surface area contributed by atoms with Crippen molar-refractivity contribution in [3.8, 4) is 0 Å². The number of amides is 1. The van der Waals surface area contributed by atoms with Crippen LogP contribution < -0.4 is 5.32 Å². The van der Waals surface area contributed by atoms with Crippen molar-refractivity contribution >= 4 is 54.8 Å². The summed E-state index contributed by atoms with van der Waals surface area (Å²) in [7, 11) is 1.94. The zero-order valence-electron chi connectivity index (χ0n) is 10.9. The maximum atomic E-state index is 11.9. The third-order valence-electron chi connectivity index (χ3n) is 2.59. The number of halogens is 2. The third-order valence-corrected chi connectivity index (χ3v) is 4.80. The number of rotatable bonds is 5. The predicted molar refractivity (Wildman–Crippen MR) is 91.1 cm³/mol. The summed E-state index contributed by atoms with van der Waals surface area (Å²) in [5, 5.41) is 4.93. The highest BCUT2D eigenvalue weighted by atomic mass is 79.9. The van der Waals surface area contributed by atoms with E-state index in [1.54, 1.807) is 11.3 Å². The van der Waals surface area contributed by atoms with Gasteiger partial charge in [-0.2, -0.15) is 0 Å². The first-order valence-corrected chi connectivity index (χ1v) is 8.46. The second kappa shape index (κ2) is 7.36. The van der Waals surface area contributed by atoms with Gasteiger partial charge in [0, 0.05) is 31.4 Å². The highest BCUT2D eigenvalue weighted by Crippen LogP contribution is 2.20. The molecule has 0 fully saturated rings. The average Bonchev–Trinajstić information content (AvgIpc) is 2.77. The molecule has 0 saturated carbocycles. The van der Waals surface area contributed by atoms with Gasteiger partial charge in [0.1, 0.15) is 0 Å². The normalized spacial score (nSPS) is 10.8. The molecule has 0 atom stereocenters. The molecule has 0 saturated heterocycles. The molecule has 0 aliphatic carbocycles. The van der Waals surface area contributed by atoms with E-state index < -0.39 is 0 Å². The van der Waals surface area contributed by atoms with Crippen LogP contribution >= 0.6 is 43.2 Å². The molecular weight excluding hydrogens is 404 g/mol. The number of anilines is 1. The Morgan fingerprint density at radius 1 is 1.25 bits per heavy atom. The van der Waals surface area contributed by atoms with E-state index in [0.717, 1.165) is 21.2 Å². The molecule has 1 aromatic heterocycles. The molecule has 1 N–H and O–H groups in total. The number of nitrogens with zero attached hydrogens (tertiary/aromatic N) is 1. The first-order chi connectivity index (χ1) is 9.52. The third kappa shape index (κ3) is 5.01. The lowest BCUT2D eigenvalue weighted by atomic mass is 10.3. The van der Waals surface area contributed by atoms with Gasteiger partial charge in [0.05, 0.1) is 6.54 Å². The molecule has 2 rings (SSSR count). The molecule has 0 unspecified atom stereocenters. The van der Waals surface area contributed by atoms with Crippen molar-refractivity contribution in [2.24, 2.45) is 0 Å². The standard InChI is InChI=1S/C14H14Br2N2OS/c1-18(7-13-6-11(16)9-20-13)8-14(19)17-12-4-2-10(15)3-5-12/h2-6,9H,7-8H2,1H3,(H,17,19). The fourth-order valence-electron chi connectivity index (χ4n) is 1.74. The van der Waals surface area contributed by atoms with E-state index in [1.807, 2.05) is 41.6 Å². The first-order valence-electron chi connectivity index (χ1n) is 6.00. The summed E-state index contributed by atoms with van der Waals surface area (Å²) >= 11 is 8.48. The van der Waals surface area contributed by atoms with Crippen molar-refractivity contribution in [3.63, 3.8) is 0 Å². The summed E-state index contributed by atoms with van der Waals surface area (Å²) < 4.78 is 2.08. The Morgan fingerprint density at radius 3 is 2.55 bits per heavy atom. The minimum Gasteiger partial charge on any atom is -0.325 e. The van der Waals surface area contributed by atoms with Crippen molar-refractivity contribution in [1.82, 2.24) is 4.90 Å². The van der Waals surface area contributed by atoms with Crippen molar-refractivity contribution in [1.29, 1.82) is 0 Å². The van der Waals surface area contributed by atoms with Crippen LogP contribution in [-0.4, -0.2) is 24.4 Å². The van der Waals surface area contributed by atoms with Crippen molar-refractivity contribution in [2.75, 3.05) is 18.9 Å². The second-order valence-corrected chi connectivity index (χ2v) is 7.29. The van der Waals surface area contributed by atoms with Gasteiger partial charge in [0.25, 0.3) is 0 Å².